The van der Waals surface area contributed by atoms with E-state index >= 15 is 0 Å². The fourth-order valence-corrected chi connectivity index (χ4v) is 4.93. The number of hydrogen-bond acceptors (Lipinski definition) is 2. The maximum absolute atomic E-state index is 2.31. The molecule has 0 unspecified atom stereocenters. The Morgan fingerprint density at radius 2 is 1.39 bits per heavy atom. The predicted octanol–water partition coefficient (Wildman–Crippen LogP) is 5.16. The highest BCUT2D eigenvalue weighted by Crippen LogP contribution is 2.51. The molecule has 0 aliphatic heterocycles. The van der Waals surface area contributed by atoms with Gasteiger partial charge in [0.15, 0.2) is 0 Å². The fourth-order valence-electron chi connectivity index (χ4n) is 2.79. The Kier molecular flexibility index (Phi) is 2.39. The molecular weight excluding hydrogens is 256 g/mol. The zero-order chi connectivity index (χ0) is 11.9. The van der Waals surface area contributed by atoms with Crippen molar-refractivity contribution in [2.45, 2.75) is 12.3 Å². The second-order valence-corrected chi connectivity index (χ2v) is 6.48. The summed E-state index contributed by atoms with van der Waals surface area (Å²) in [6, 6.07) is 15.4. The van der Waals surface area contributed by atoms with Crippen molar-refractivity contribution in [3.05, 3.63) is 69.9 Å². The minimum absolute atomic E-state index is 0.565. The summed E-state index contributed by atoms with van der Waals surface area (Å²) in [5, 5.41) is 4.46. The fraction of sp³-hybridized carbons (Fsp3) is 0.125. The summed E-state index contributed by atoms with van der Waals surface area (Å²) in [5.74, 6) is 0.565. The maximum atomic E-state index is 2.31. The van der Waals surface area contributed by atoms with Gasteiger partial charge in [0.25, 0.3) is 0 Å². The molecule has 0 fully saturated rings. The average Bonchev–Trinajstić information content (AvgIpc) is 3.08. The number of fused-ring (bicyclic) bond motifs is 3. The van der Waals surface area contributed by atoms with Gasteiger partial charge in [-0.25, -0.2) is 0 Å². The Hall–Kier alpha value is -1.38. The van der Waals surface area contributed by atoms with Crippen LogP contribution in [0.1, 0.15) is 22.6 Å². The van der Waals surface area contributed by atoms with E-state index in [9.17, 15) is 0 Å². The minimum atomic E-state index is 0.565. The molecule has 4 rings (SSSR count). The molecule has 0 radical (unpaired) electrons. The molecule has 0 N–H and O–H groups in total. The smallest absolute Gasteiger partial charge is 0.0483 e. The third-order valence-corrected chi connectivity index (χ3v) is 5.66. The van der Waals surface area contributed by atoms with E-state index < -0.39 is 0 Å². The quantitative estimate of drug-likeness (QED) is 0.602. The third kappa shape index (κ3) is 1.49. The Labute approximate surface area is 115 Å². The highest BCUT2D eigenvalue weighted by Gasteiger charge is 2.30. The summed E-state index contributed by atoms with van der Waals surface area (Å²) in [6.07, 6.45) is 1.12. The second kappa shape index (κ2) is 4.08. The van der Waals surface area contributed by atoms with E-state index in [0.717, 1.165) is 6.42 Å². The summed E-state index contributed by atoms with van der Waals surface area (Å²) in [6.45, 7) is 0. The van der Waals surface area contributed by atoms with Crippen LogP contribution < -0.4 is 0 Å². The van der Waals surface area contributed by atoms with E-state index in [1.807, 2.05) is 22.7 Å². The monoisotopic (exact) mass is 268 g/mol. The Bertz CT molecular complexity index is 636. The lowest BCUT2D eigenvalue weighted by Gasteiger charge is -2.11. The molecule has 1 aliphatic rings. The van der Waals surface area contributed by atoms with E-state index in [4.69, 9.17) is 0 Å². The van der Waals surface area contributed by atoms with E-state index in [1.165, 1.54) is 26.4 Å². The van der Waals surface area contributed by atoms with E-state index in [2.05, 4.69) is 53.2 Å². The lowest BCUT2D eigenvalue weighted by molar-refractivity contribution is 0.831. The highest BCUT2D eigenvalue weighted by atomic mass is 32.1. The van der Waals surface area contributed by atoms with Gasteiger partial charge in [-0.3, -0.25) is 0 Å². The summed E-state index contributed by atoms with van der Waals surface area (Å²) < 4.78 is 0. The maximum Gasteiger partial charge on any atom is 0.0483 e. The van der Waals surface area contributed by atoms with Crippen LogP contribution in [0.4, 0.5) is 0 Å². The van der Waals surface area contributed by atoms with Gasteiger partial charge >= 0.3 is 0 Å². The van der Waals surface area contributed by atoms with Crippen LogP contribution in [0.2, 0.25) is 0 Å². The zero-order valence-electron chi connectivity index (χ0n) is 9.80. The molecule has 2 heterocycles. The molecule has 18 heavy (non-hydrogen) atoms. The second-order valence-electron chi connectivity index (χ2n) is 4.65. The lowest BCUT2D eigenvalue weighted by atomic mass is 9.92. The number of thiophene rings is 2. The molecule has 2 aromatic heterocycles. The van der Waals surface area contributed by atoms with Crippen LogP contribution in [-0.4, -0.2) is 0 Å². The van der Waals surface area contributed by atoms with Crippen LogP contribution >= 0.6 is 22.7 Å². The van der Waals surface area contributed by atoms with Crippen molar-refractivity contribution >= 4 is 22.7 Å². The molecule has 88 valence electrons. The molecule has 2 heteroatoms. The van der Waals surface area contributed by atoms with Crippen molar-refractivity contribution < 1.29 is 0 Å². The number of rotatable bonds is 2. The molecule has 1 aliphatic carbocycles. The normalized spacial score (nSPS) is 13.6. The average molecular weight is 268 g/mol. The molecule has 0 saturated heterocycles. The van der Waals surface area contributed by atoms with Crippen LogP contribution in [0.5, 0.6) is 0 Å². The Morgan fingerprint density at radius 1 is 0.778 bits per heavy atom. The first-order valence-corrected chi connectivity index (χ1v) is 7.88. The summed E-state index contributed by atoms with van der Waals surface area (Å²) in [4.78, 5) is 3.00. The first-order valence-electron chi connectivity index (χ1n) is 6.12. The molecule has 0 nitrogen and oxygen atoms in total. The molecular formula is C16H12S2. The van der Waals surface area contributed by atoms with Crippen molar-refractivity contribution in [3.8, 4) is 9.75 Å². The SMILES string of the molecule is c1ccc(CC2c3ccsc3-c3sccc32)cc1. The van der Waals surface area contributed by atoms with Gasteiger partial charge in [-0.1, -0.05) is 30.3 Å². The highest BCUT2D eigenvalue weighted by molar-refractivity contribution is 7.20. The third-order valence-electron chi connectivity index (χ3n) is 3.63. The van der Waals surface area contributed by atoms with Crippen LogP contribution in [0.3, 0.4) is 0 Å². The van der Waals surface area contributed by atoms with Gasteiger partial charge in [0.1, 0.15) is 0 Å². The largest absolute Gasteiger partial charge is 0.143 e. The van der Waals surface area contributed by atoms with Crippen molar-refractivity contribution in [2.75, 3.05) is 0 Å². The van der Waals surface area contributed by atoms with Gasteiger partial charge < -0.3 is 0 Å². The van der Waals surface area contributed by atoms with Crippen LogP contribution in [0, 0.1) is 0 Å². The van der Waals surface area contributed by atoms with Crippen LogP contribution in [0.25, 0.3) is 9.75 Å². The Balaban J connectivity index is 1.79. The van der Waals surface area contributed by atoms with E-state index in [1.54, 1.807) is 0 Å². The molecule has 0 bridgehead atoms. The van der Waals surface area contributed by atoms with E-state index in [0.29, 0.717) is 5.92 Å². The van der Waals surface area contributed by atoms with Gasteiger partial charge in [-0.2, -0.15) is 0 Å². The Morgan fingerprint density at radius 3 is 2.00 bits per heavy atom. The first kappa shape index (κ1) is 10.5. The topological polar surface area (TPSA) is 0 Å². The summed E-state index contributed by atoms with van der Waals surface area (Å²) in [7, 11) is 0. The minimum Gasteiger partial charge on any atom is -0.143 e. The van der Waals surface area contributed by atoms with Crippen LogP contribution in [0.15, 0.2) is 53.2 Å². The summed E-state index contributed by atoms with van der Waals surface area (Å²) >= 11 is 3.77. The summed E-state index contributed by atoms with van der Waals surface area (Å²) in [5.41, 5.74) is 4.50. The van der Waals surface area contributed by atoms with Crippen molar-refractivity contribution in [3.63, 3.8) is 0 Å². The first-order chi connectivity index (χ1) is 8.93. The van der Waals surface area contributed by atoms with Gasteiger partial charge in [-0.15, -0.1) is 22.7 Å². The van der Waals surface area contributed by atoms with Crippen molar-refractivity contribution in [2.24, 2.45) is 0 Å². The van der Waals surface area contributed by atoms with Crippen molar-refractivity contribution in [1.82, 2.24) is 0 Å². The molecule has 0 saturated carbocycles. The van der Waals surface area contributed by atoms with Gasteiger partial charge in [0.05, 0.1) is 0 Å². The molecule has 1 aromatic carbocycles. The van der Waals surface area contributed by atoms with Crippen LogP contribution in [-0.2, 0) is 6.42 Å². The number of benzene rings is 1. The van der Waals surface area contributed by atoms with Crippen molar-refractivity contribution in [1.29, 1.82) is 0 Å². The standard InChI is InChI=1S/C16H12S2/c1-2-4-11(5-3-1)10-14-12-6-8-17-15(12)16-13(14)7-9-18-16/h1-9,14H,10H2. The van der Waals surface area contributed by atoms with Gasteiger partial charge in [0.2, 0.25) is 0 Å². The van der Waals surface area contributed by atoms with E-state index in [-0.39, 0.29) is 0 Å². The zero-order valence-corrected chi connectivity index (χ0v) is 11.4. The lowest BCUT2D eigenvalue weighted by Crippen LogP contribution is -1.99. The number of hydrogen-bond donors (Lipinski definition) is 0. The molecule has 0 spiro atoms. The molecule has 0 amide bonds. The predicted molar refractivity (Wildman–Crippen MR) is 79.6 cm³/mol. The molecule has 0 atom stereocenters. The molecule has 3 aromatic rings. The van der Waals surface area contributed by atoms with Gasteiger partial charge in [-0.05, 0) is 46.0 Å². The van der Waals surface area contributed by atoms with Gasteiger partial charge in [0, 0.05) is 15.7 Å².